The van der Waals surface area contributed by atoms with E-state index >= 15 is 0 Å². The zero-order valence-corrected chi connectivity index (χ0v) is 15.2. The summed E-state index contributed by atoms with van der Waals surface area (Å²) in [5.41, 5.74) is 3.81. The molecule has 0 saturated carbocycles. The topological polar surface area (TPSA) is 29.8 Å². The first-order chi connectivity index (χ1) is 12.0. The van der Waals surface area contributed by atoms with Gasteiger partial charge in [-0.3, -0.25) is 5.32 Å². The van der Waals surface area contributed by atoms with E-state index in [4.69, 9.17) is 4.74 Å². The molecule has 0 bridgehead atoms. The molecule has 1 aromatic carbocycles. The van der Waals surface area contributed by atoms with E-state index < -0.39 is 0 Å². The highest BCUT2D eigenvalue weighted by Crippen LogP contribution is 2.31. The molecule has 128 valence electrons. The van der Waals surface area contributed by atoms with E-state index in [0.29, 0.717) is 12.0 Å². The quantitative estimate of drug-likeness (QED) is 0.446. The molecule has 5 rings (SSSR count). The van der Waals surface area contributed by atoms with Gasteiger partial charge in [-0.15, -0.1) is 0 Å². The number of hydrogen-bond acceptors (Lipinski definition) is 2. The number of nitrogens with zero attached hydrogens (tertiary/aromatic N) is 2. The van der Waals surface area contributed by atoms with Crippen molar-refractivity contribution in [1.29, 1.82) is 0 Å². The Morgan fingerprint density at radius 2 is 1.88 bits per heavy atom. The van der Waals surface area contributed by atoms with Crippen molar-refractivity contribution in [1.82, 2.24) is 4.40 Å². The van der Waals surface area contributed by atoms with Crippen LogP contribution in [0.4, 0.5) is 5.95 Å². The first kappa shape index (κ1) is 15.0. The van der Waals surface area contributed by atoms with Crippen molar-refractivity contribution in [3.05, 3.63) is 48.3 Å². The van der Waals surface area contributed by atoms with Crippen LogP contribution >= 0.6 is 0 Å². The number of nitrogens with one attached hydrogen (secondary N) is 1. The molecule has 0 amide bonds. The van der Waals surface area contributed by atoms with E-state index in [-0.39, 0.29) is 12.2 Å². The highest BCUT2D eigenvalue weighted by Gasteiger charge is 2.40. The van der Waals surface area contributed by atoms with Crippen molar-refractivity contribution in [3.8, 4) is 0 Å². The van der Waals surface area contributed by atoms with Gasteiger partial charge in [-0.25, -0.2) is 8.80 Å². The van der Waals surface area contributed by atoms with Crippen LogP contribution in [0.2, 0.25) is 0 Å². The molecule has 1 aliphatic rings. The molecule has 4 heterocycles. The molecule has 3 aromatic heterocycles. The predicted molar refractivity (Wildman–Crippen MR) is 101 cm³/mol. The van der Waals surface area contributed by atoms with Gasteiger partial charge >= 0.3 is 5.95 Å². The predicted octanol–water partition coefficient (Wildman–Crippen LogP) is 3.80. The van der Waals surface area contributed by atoms with Crippen LogP contribution in [0.1, 0.15) is 26.3 Å². The summed E-state index contributed by atoms with van der Waals surface area (Å²) in [6, 6.07) is 11.3. The van der Waals surface area contributed by atoms with Crippen LogP contribution in [0.3, 0.4) is 0 Å². The lowest BCUT2D eigenvalue weighted by atomic mass is 9.97. The standard InChI is InChI=1S/C21H23N3O/c1-12-10-17-8-7-16-6-5-9-23-19(16)20(17)24(11-12)21(23)22-18-13(2)14(3)25-15(18)4/h5-11,13-15,18H,1-4H3/p+1. The van der Waals surface area contributed by atoms with Crippen molar-refractivity contribution < 1.29 is 9.14 Å². The summed E-state index contributed by atoms with van der Waals surface area (Å²) in [6.07, 6.45) is 4.86. The van der Waals surface area contributed by atoms with Gasteiger partial charge in [0.2, 0.25) is 0 Å². The molecule has 25 heavy (non-hydrogen) atoms. The summed E-state index contributed by atoms with van der Waals surface area (Å²) < 4.78 is 10.7. The van der Waals surface area contributed by atoms with Crippen molar-refractivity contribution in [3.63, 3.8) is 0 Å². The van der Waals surface area contributed by atoms with Crippen LogP contribution < -0.4 is 9.72 Å². The Balaban J connectivity index is 1.79. The lowest BCUT2D eigenvalue weighted by molar-refractivity contribution is -0.494. The summed E-state index contributed by atoms with van der Waals surface area (Å²) in [5.74, 6) is 1.58. The van der Waals surface area contributed by atoms with E-state index in [0.717, 1.165) is 5.95 Å². The highest BCUT2D eigenvalue weighted by molar-refractivity contribution is 6.02. The van der Waals surface area contributed by atoms with Crippen LogP contribution in [-0.4, -0.2) is 22.7 Å². The lowest BCUT2D eigenvalue weighted by Crippen LogP contribution is -2.37. The normalized spacial score (nSPS) is 27.0. The molecule has 1 fully saturated rings. The highest BCUT2D eigenvalue weighted by atomic mass is 16.5. The molecule has 4 unspecified atom stereocenters. The molecule has 0 spiro atoms. The van der Waals surface area contributed by atoms with Gasteiger partial charge in [-0.1, -0.05) is 19.1 Å². The number of hydrogen-bond donors (Lipinski definition) is 1. The van der Waals surface area contributed by atoms with Gasteiger partial charge in [-0.05, 0) is 44.5 Å². The molecule has 4 atom stereocenters. The summed E-state index contributed by atoms with van der Waals surface area (Å²) in [5, 5.41) is 6.36. The fourth-order valence-corrected chi connectivity index (χ4v) is 4.49. The number of anilines is 1. The van der Waals surface area contributed by atoms with Crippen LogP contribution in [0.15, 0.2) is 42.7 Å². The van der Waals surface area contributed by atoms with Gasteiger partial charge in [-0.2, -0.15) is 0 Å². The Morgan fingerprint density at radius 1 is 1.08 bits per heavy atom. The van der Waals surface area contributed by atoms with Gasteiger partial charge in [0.05, 0.1) is 24.6 Å². The lowest BCUT2D eigenvalue weighted by Gasteiger charge is -2.16. The van der Waals surface area contributed by atoms with Crippen LogP contribution in [-0.2, 0) is 4.74 Å². The zero-order chi connectivity index (χ0) is 17.3. The molecule has 0 radical (unpaired) electrons. The number of aromatic nitrogens is 2. The summed E-state index contributed by atoms with van der Waals surface area (Å²) in [4.78, 5) is 0. The van der Waals surface area contributed by atoms with Gasteiger partial charge in [0.1, 0.15) is 6.04 Å². The number of benzene rings is 1. The van der Waals surface area contributed by atoms with Gasteiger partial charge in [0.15, 0.2) is 11.0 Å². The molecular weight excluding hydrogens is 310 g/mol. The van der Waals surface area contributed by atoms with Crippen molar-refractivity contribution in [2.24, 2.45) is 5.92 Å². The summed E-state index contributed by atoms with van der Waals surface area (Å²) >= 11 is 0. The molecule has 1 aliphatic heterocycles. The summed E-state index contributed by atoms with van der Waals surface area (Å²) in [7, 11) is 0. The second-order valence-electron chi connectivity index (χ2n) is 7.61. The Kier molecular flexibility index (Phi) is 3.04. The van der Waals surface area contributed by atoms with E-state index in [1.165, 1.54) is 27.4 Å². The minimum Gasteiger partial charge on any atom is -0.372 e. The van der Waals surface area contributed by atoms with E-state index in [1.54, 1.807) is 0 Å². The number of imidazole rings is 1. The third-order valence-corrected chi connectivity index (χ3v) is 5.92. The maximum Gasteiger partial charge on any atom is 0.367 e. The van der Waals surface area contributed by atoms with Gasteiger partial charge in [0, 0.05) is 16.7 Å². The number of rotatable bonds is 2. The smallest absolute Gasteiger partial charge is 0.367 e. The third kappa shape index (κ3) is 2.00. The molecule has 1 N–H and O–H groups in total. The van der Waals surface area contributed by atoms with Crippen molar-refractivity contribution in [2.75, 3.05) is 5.32 Å². The van der Waals surface area contributed by atoms with Crippen LogP contribution in [0.5, 0.6) is 0 Å². The van der Waals surface area contributed by atoms with Gasteiger partial charge in [0.25, 0.3) is 0 Å². The maximum atomic E-state index is 6.05. The maximum absolute atomic E-state index is 6.05. The first-order valence-electron chi connectivity index (χ1n) is 9.14. The van der Waals surface area contributed by atoms with Gasteiger partial charge < -0.3 is 4.74 Å². The Morgan fingerprint density at radius 3 is 2.64 bits per heavy atom. The molecule has 1 saturated heterocycles. The Labute approximate surface area is 147 Å². The molecule has 4 nitrogen and oxygen atoms in total. The SMILES string of the molecule is Cc1cc2ccc3cccn4c(NC5C(C)OC(C)C5C)[n+](c1)c2c34. The van der Waals surface area contributed by atoms with E-state index in [9.17, 15) is 0 Å². The average Bonchev–Trinajstić information content (AvgIpc) is 3.03. The molecule has 4 heteroatoms. The molecule has 4 aromatic rings. The number of ether oxygens (including phenoxy) is 1. The minimum absolute atomic E-state index is 0.196. The molecule has 0 aliphatic carbocycles. The monoisotopic (exact) mass is 334 g/mol. The Bertz CT molecular complexity index is 1080. The first-order valence-corrected chi connectivity index (χ1v) is 9.14. The van der Waals surface area contributed by atoms with Crippen LogP contribution in [0.25, 0.3) is 21.8 Å². The second kappa shape index (κ2) is 5.09. The number of pyridine rings is 2. The largest absolute Gasteiger partial charge is 0.372 e. The zero-order valence-electron chi connectivity index (χ0n) is 15.2. The van der Waals surface area contributed by atoms with Crippen molar-refractivity contribution in [2.45, 2.75) is 45.9 Å². The second-order valence-corrected chi connectivity index (χ2v) is 7.61. The third-order valence-electron chi connectivity index (χ3n) is 5.92. The fourth-order valence-electron chi connectivity index (χ4n) is 4.49. The number of aryl methyl sites for hydroxylation is 1. The van der Waals surface area contributed by atoms with E-state index in [1.807, 2.05) is 0 Å². The fraction of sp³-hybridized carbons (Fsp3) is 0.381. The molecular formula is C21H24N3O+. The minimum atomic E-state index is 0.196. The van der Waals surface area contributed by atoms with E-state index in [2.05, 4.69) is 84.5 Å². The Hall–Kier alpha value is -2.33. The average molecular weight is 334 g/mol. The summed E-state index contributed by atoms with van der Waals surface area (Å²) in [6.45, 7) is 8.77. The van der Waals surface area contributed by atoms with Crippen LogP contribution in [0, 0.1) is 12.8 Å². The van der Waals surface area contributed by atoms with Crippen molar-refractivity contribution >= 4 is 27.8 Å².